The maximum atomic E-state index is 5.62. The van der Waals surface area contributed by atoms with Crippen LogP contribution in [0.3, 0.4) is 0 Å². The monoisotopic (exact) mass is 306 g/mol. The summed E-state index contributed by atoms with van der Waals surface area (Å²) in [5.41, 5.74) is 1.32. The zero-order chi connectivity index (χ0) is 12.8. The molecular weight excluding hydrogens is 290 g/mol. The molecule has 1 atom stereocenters. The zero-order valence-electron chi connectivity index (χ0n) is 10.2. The molecule has 2 N–H and O–H groups in total. The average Bonchev–Trinajstić information content (AvgIpc) is 2.82. The first kappa shape index (κ1) is 13.1. The summed E-state index contributed by atoms with van der Waals surface area (Å²) in [6, 6.07) is 14.7. The van der Waals surface area contributed by atoms with E-state index < -0.39 is 0 Å². The van der Waals surface area contributed by atoms with Crippen LogP contribution in [-0.2, 0) is 6.54 Å². The first-order valence-corrected chi connectivity index (χ1v) is 6.82. The minimum Gasteiger partial charge on any atom is -0.448 e. The van der Waals surface area contributed by atoms with Gasteiger partial charge in [-0.25, -0.2) is 0 Å². The highest BCUT2D eigenvalue weighted by Gasteiger charge is 2.16. The molecule has 0 amide bonds. The molecule has 0 radical (unpaired) electrons. The molecule has 2 nitrogen and oxygen atoms in total. The fraction of sp³-hybridized carbons (Fsp3) is 0.200. The second-order valence-electron chi connectivity index (χ2n) is 4.20. The van der Waals surface area contributed by atoms with Crippen molar-refractivity contribution in [1.29, 1.82) is 0 Å². The summed E-state index contributed by atoms with van der Waals surface area (Å²) in [7, 11) is 0. The third-order valence-corrected chi connectivity index (χ3v) is 3.29. The molecular formula is C15H17BrNO+. The topological polar surface area (TPSA) is 29.8 Å². The number of hydrogen-bond donors (Lipinski definition) is 1. The number of quaternary nitrogens is 1. The number of furan rings is 1. The van der Waals surface area contributed by atoms with E-state index in [1.807, 2.05) is 24.3 Å². The lowest BCUT2D eigenvalue weighted by Crippen LogP contribution is -2.83. The van der Waals surface area contributed by atoms with Crippen LogP contribution in [-0.4, -0.2) is 0 Å². The maximum Gasteiger partial charge on any atom is 0.169 e. The van der Waals surface area contributed by atoms with Crippen LogP contribution >= 0.6 is 15.9 Å². The van der Waals surface area contributed by atoms with Gasteiger partial charge in [0.05, 0.1) is 0 Å². The Morgan fingerprint density at radius 1 is 1.22 bits per heavy atom. The molecule has 0 fully saturated rings. The van der Waals surface area contributed by atoms with Gasteiger partial charge in [-0.1, -0.05) is 36.4 Å². The minimum atomic E-state index is 0.286. The van der Waals surface area contributed by atoms with Gasteiger partial charge in [0.15, 0.2) is 10.4 Å². The van der Waals surface area contributed by atoms with Gasteiger partial charge >= 0.3 is 0 Å². The van der Waals surface area contributed by atoms with Gasteiger partial charge in [-0.15, -0.1) is 6.58 Å². The normalized spacial score (nSPS) is 12.3. The number of rotatable bonds is 6. The van der Waals surface area contributed by atoms with Gasteiger partial charge in [0.25, 0.3) is 0 Å². The summed E-state index contributed by atoms with van der Waals surface area (Å²) in [5, 5.41) is 2.28. The van der Waals surface area contributed by atoms with Gasteiger partial charge in [0.1, 0.15) is 12.6 Å². The van der Waals surface area contributed by atoms with Crippen molar-refractivity contribution in [3.63, 3.8) is 0 Å². The van der Waals surface area contributed by atoms with Gasteiger partial charge < -0.3 is 9.73 Å². The van der Waals surface area contributed by atoms with E-state index in [2.05, 4.69) is 52.1 Å². The molecule has 18 heavy (non-hydrogen) atoms. The molecule has 2 aromatic rings. The minimum absolute atomic E-state index is 0.286. The maximum absolute atomic E-state index is 5.62. The van der Waals surface area contributed by atoms with Crippen LogP contribution in [0, 0.1) is 0 Å². The van der Waals surface area contributed by atoms with Crippen molar-refractivity contribution in [3.8, 4) is 0 Å². The first-order chi connectivity index (χ1) is 8.79. The van der Waals surface area contributed by atoms with E-state index in [1.54, 1.807) is 0 Å². The summed E-state index contributed by atoms with van der Waals surface area (Å²) in [6.07, 6.45) is 2.83. The molecule has 1 aromatic heterocycles. The van der Waals surface area contributed by atoms with E-state index in [4.69, 9.17) is 4.42 Å². The van der Waals surface area contributed by atoms with Gasteiger partial charge in [-0.2, -0.15) is 0 Å². The molecule has 1 heterocycles. The number of benzene rings is 1. The highest BCUT2D eigenvalue weighted by molar-refractivity contribution is 9.10. The second-order valence-corrected chi connectivity index (χ2v) is 4.98. The Morgan fingerprint density at radius 3 is 2.61 bits per heavy atom. The summed E-state index contributed by atoms with van der Waals surface area (Å²) in [5.74, 6) is 0.984. The summed E-state index contributed by atoms with van der Waals surface area (Å²) >= 11 is 3.34. The van der Waals surface area contributed by atoms with Crippen molar-refractivity contribution in [1.82, 2.24) is 0 Å². The van der Waals surface area contributed by atoms with Crippen LogP contribution in [0.4, 0.5) is 0 Å². The summed E-state index contributed by atoms with van der Waals surface area (Å²) < 4.78 is 6.40. The Morgan fingerprint density at radius 2 is 2.00 bits per heavy atom. The molecule has 0 aliphatic carbocycles. The van der Waals surface area contributed by atoms with Crippen LogP contribution in [0.5, 0.6) is 0 Å². The molecule has 1 aromatic carbocycles. The molecule has 0 saturated heterocycles. The molecule has 0 unspecified atom stereocenters. The van der Waals surface area contributed by atoms with Crippen LogP contribution < -0.4 is 5.32 Å². The van der Waals surface area contributed by atoms with E-state index in [9.17, 15) is 0 Å². The van der Waals surface area contributed by atoms with Crippen LogP contribution in [0.25, 0.3) is 0 Å². The van der Waals surface area contributed by atoms with Crippen molar-refractivity contribution in [2.45, 2.75) is 19.0 Å². The van der Waals surface area contributed by atoms with Crippen molar-refractivity contribution in [3.05, 3.63) is 71.1 Å². The standard InChI is InChI=1S/C15H16BrNO/c1-2-6-13(14-9-10-15(16)18-14)17-11-12-7-4-3-5-8-12/h2-5,7-10,13,17H,1,6,11H2/p+1/t13-/m1/s1. The summed E-state index contributed by atoms with van der Waals surface area (Å²) in [4.78, 5) is 0. The molecule has 0 spiro atoms. The third kappa shape index (κ3) is 3.59. The molecule has 94 valence electrons. The van der Waals surface area contributed by atoms with E-state index in [0.29, 0.717) is 0 Å². The van der Waals surface area contributed by atoms with Crippen molar-refractivity contribution in [2.75, 3.05) is 0 Å². The van der Waals surface area contributed by atoms with Crippen LogP contribution in [0.2, 0.25) is 0 Å². The Kier molecular flexibility index (Phi) is 4.79. The van der Waals surface area contributed by atoms with Crippen LogP contribution in [0.1, 0.15) is 23.8 Å². The van der Waals surface area contributed by atoms with E-state index in [-0.39, 0.29) is 6.04 Å². The molecule has 0 aliphatic rings. The fourth-order valence-corrected chi connectivity index (χ4v) is 2.25. The Labute approximate surface area is 116 Å². The van der Waals surface area contributed by atoms with Gasteiger partial charge in [-0.3, -0.25) is 0 Å². The average molecular weight is 307 g/mol. The summed E-state index contributed by atoms with van der Waals surface area (Å²) in [6.45, 7) is 4.76. The van der Waals surface area contributed by atoms with Crippen molar-refractivity contribution >= 4 is 15.9 Å². The van der Waals surface area contributed by atoms with E-state index in [1.165, 1.54) is 5.56 Å². The number of halogens is 1. The van der Waals surface area contributed by atoms with Crippen molar-refractivity contribution < 1.29 is 9.73 Å². The fourth-order valence-electron chi connectivity index (χ4n) is 1.93. The Bertz CT molecular complexity index is 492. The molecule has 0 bridgehead atoms. The van der Waals surface area contributed by atoms with Gasteiger partial charge in [0, 0.05) is 12.0 Å². The van der Waals surface area contributed by atoms with Crippen molar-refractivity contribution in [2.24, 2.45) is 0 Å². The molecule has 3 heteroatoms. The third-order valence-electron chi connectivity index (χ3n) is 2.86. The largest absolute Gasteiger partial charge is 0.448 e. The van der Waals surface area contributed by atoms with Gasteiger partial charge in [0.2, 0.25) is 0 Å². The quantitative estimate of drug-likeness (QED) is 0.814. The van der Waals surface area contributed by atoms with E-state index >= 15 is 0 Å². The highest BCUT2D eigenvalue weighted by Crippen LogP contribution is 2.20. The molecule has 2 rings (SSSR count). The number of hydrogen-bond acceptors (Lipinski definition) is 1. The zero-order valence-corrected chi connectivity index (χ0v) is 11.8. The van der Waals surface area contributed by atoms with E-state index in [0.717, 1.165) is 23.4 Å². The SMILES string of the molecule is C=CC[C@@H]([NH2+]Cc1ccccc1)c1ccc(Br)o1. The lowest BCUT2D eigenvalue weighted by molar-refractivity contribution is -0.712. The lowest BCUT2D eigenvalue weighted by Gasteiger charge is -2.11. The van der Waals surface area contributed by atoms with Gasteiger partial charge in [-0.05, 0) is 28.1 Å². The second kappa shape index (κ2) is 6.57. The Balaban J connectivity index is 2.01. The number of nitrogens with two attached hydrogens (primary N) is 1. The lowest BCUT2D eigenvalue weighted by atomic mass is 10.1. The Hall–Kier alpha value is -1.32. The smallest absolute Gasteiger partial charge is 0.169 e. The highest BCUT2D eigenvalue weighted by atomic mass is 79.9. The molecule has 0 saturated carbocycles. The first-order valence-electron chi connectivity index (χ1n) is 6.03. The predicted octanol–water partition coefficient (Wildman–Crippen LogP) is 3.42. The predicted molar refractivity (Wildman–Crippen MR) is 76.0 cm³/mol. The molecule has 0 aliphatic heterocycles. The van der Waals surface area contributed by atoms with Crippen LogP contribution in [0.15, 0.2) is 64.2 Å².